The van der Waals surface area contributed by atoms with Crippen LogP contribution in [0.5, 0.6) is 0 Å². The van der Waals surface area contributed by atoms with Gasteiger partial charge in [-0.2, -0.15) is 0 Å². The molecule has 0 fully saturated rings. The van der Waals surface area contributed by atoms with Gasteiger partial charge in [0.25, 0.3) is 0 Å². The molecule has 0 aliphatic heterocycles. The fourth-order valence-corrected chi connectivity index (χ4v) is 5.58. The number of benzene rings is 4. The molecule has 0 bridgehead atoms. The molecule has 2 unspecified atom stereocenters. The molecule has 224 valence electrons. The lowest BCUT2D eigenvalue weighted by Crippen LogP contribution is -2.22. The Bertz CT molecular complexity index is 1490. The van der Waals surface area contributed by atoms with Crippen molar-refractivity contribution in [2.75, 3.05) is 5.32 Å². The minimum Gasteiger partial charge on any atom is -0.356 e. The first-order chi connectivity index (χ1) is 20.4. The Labute approximate surface area is 261 Å². The van der Waals surface area contributed by atoms with Crippen LogP contribution in [0.1, 0.15) is 90.5 Å². The van der Waals surface area contributed by atoms with Crippen molar-refractivity contribution in [3.63, 3.8) is 0 Å². The molecule has 0 amide bonds. The Morgan fingerprint density at radius 3 is 1.14 bits per heavy atom. The van der Waals surface area contributed by atoms with Gasteiger partial charge in [-0.1, -0.05) is 165 Å². The maximum atomic E-state index is 3.61. The van der Waals surface area contributed by atoms with Crippen LogP contribution in [0.15, 0.2) is 133 Å². The summed E-state index contributed by atoms with van der Waals surface area (Å²) in [5.41, 5.74) is 7.44. The van der Waals surface area contributed by atoms with E-state index in [1.807, 2.05) is 0 Å². The van der Waals surface area contributed by atoms with Crippen LogP contribution < -0.4 is 5.32 Å². The molecule has 4 aromatic rings. The molecule has 43 heavy (non-hydrogen) atoms. The highest BCUT2D eigenvalue weighted by atomic mass is 14.9. The molecule has 1 heteroatoms. The van der Waals surface area contributed by atoms with Gasteiger partial charge in [0.2, 0.25) is 0 Å². The molecule has 4 aromatic carbocycles. The van der Waals surface area contributed by atoms with Crippen molar-refractivity contribution in [2.24, 2.45) is 0 Å². The van der Waals surface area contributed by atoms with Crippen LogP contribution >= 0.6 is 0 Å². The number of hydrogen-bond acceptors (Lipinski definition) is 1. The van der Waals surface area contributed by atoms with E-state index in [1.54, 1.807) is 0 Å². The summed E-state index contributed by atoms with van der Waals surface area (Å²) < 4.78 is 0. The molecular weight excluding hydrogens is 518 g/mol. The summed E-state index contributed by atoms with van der Waals surface area (Å²) in [6.45, 7) is 18.4. The van der Waals surface area contributed by atoms with Crippen LogP contribution in [0.25, 0.3) is 0 Å². The molecule has 0 heterocycles. The summed E-state index contributed by atoms with van der Waals surface area (Å²) in [4.78, 5) is 0. The maximum absolute atomic E-state index is 3.61. The van der Waals surface area contributed by atoms with Gasteiger partial charge in [0.15, 0.2) is 0 Å². The maximum Gasteiger partial charge on any atom is 0.0384 e. The van der Waals surface area contributed by atoms with E-state index in [-0.39, 0.29) is 21.7 Å². The molecular formula is C42H51N. The zero-order valence-corrected chi connectivity index (χ0v) is 27.6. The third kappa shape index (κ3) is 7.77. The third-order valence-corrected chi connectivity index (χ3v) is 9.62. The van der Waals surface area contributed by atoms with Crippen molar-refractivity contribution >= 4 is 11.4 Å². The van der Waals surface area contributed by atoms with Crippen molar-refractivity contribution < 1.29 is 0 Å². The monoisotopic (exact) mass is 569 g/mol. The Hall–Kier alpha value is -3.84. The summed E-state index contributed by atoms with van der Waals surface area (Å²) in [5.74, 6) is 0. The molecule has 0 aromatic heterocycles. The Balaban J connectivity index is 1.45. The highest BCUT2D eigenvalue weighted by Gasteiger charge is 2.26. The second-order valence-corrected chi connectivity index (χ2v) is 13.7. The van der Waals surface area contributed by atoms with E-state index < -0.39 is 0 Å². The first kappa shape index (κ1) is 32.1. The summed E-state index contributed by atoms with van der Waals surface area (Å²) in [5, 5.41) is 3.61. The number of nitrogens with one attached hydrogen (secondary N) is 1. The van der Waals surface area contributed by atoms with E-state index in [9.17, 15) is 0 Å². The van der Waals surface area contributed by atoms with Gasteiger partial charge in [-0.25, -0.2) is 0 Å². The van der Waals surface area contributed by atoms with Crippen molar-refractivity contribution in [2.45, 2.75) is 89.9 Å². The lowest BCUT2D eigenvalue weighted by atomic mass is 9.74. The first-order valence-corrected chi connectivity index (χ1v) is 15.9. The number of anilines is 2. The zero-order valence-electron chi connectivity index (χ0n) is 27.6. The number of hydrogen-bond donors (Lipinski definition) is 1. The minimum absolute atomic E-state index is 0.0204. The van der Waals surface area contributed by atoms with E-state index in [1.165, 1.54) is 22.3 Å². The average Bonchev–Trinajstić information content (AvgIpc) is 3.04. The highest BCUT2D eigenvalue weighted by Crippen LogP contribution is 2.36. The summed E-state index contributed by atoms with van der Waals surface area (Å²) in [6.07, 6.45) is 11.7. The average molecular weight is 570 g/mol. The predicted molar refractivity (Wildman–Crippen MR) is 189 cm³/mol. The van der Waals surface area contributed by atoms with Gasteiger partial charge in [0, 0.05) is 33.0 Å². The van der Waals surface area contributed by atoms with E-state index in [2.05, 4.69) is 194 Å². The normalized spacial score (nSPS) is 15.3. The van der Waals surface area contributed by atoms with Gasteiger partial charge >= 0.3 is 0 Å². The Morgan fingerprint density at radius 2 is 0.744 bits per heavy atom. The number of allylic oxidation sites excluding steroid dienone is 4. The van der Waals surface area contributed by atoms with Crippen LogP contribution in [0.3, 0.4) is 0 Å². The quantitative estimate of drug-likeness (QED) is 0.167. The van der Waals surface area contributed by atoms with Crippen LogP contribution in [-0.2, 0) is 21.7 Å². The predicted octanol–water partition coefficient (Wildman–Crippen LogP) is 11.8. The summed E-state index contributed by atoms with van der Waals surface area (Å²) >= 11 is 0. The zero-order chi connectivity index (χ0) is 31.1. The summed E-state index contributed by atoms with van der Waals surface area (Å²) in [7, 11) is 0. The van der Waals surface area contributed by atoms with E-state index in [0.717, 1.165) is 24.2 Å². The topological polar surface area (TPSA) is 12.0 Å². The number of rotatable bonds is 12. The molecule has 0 saturated carbocycles. The molecule has 0 saturated heterocycles. The lowest BCUT2D eigenvalue weighted by molar-refractivity contribution is 0.536. The second-order valence-electron chi connectivity index (χ2n) is 13.7. The largest absolute Gasteiger partial charge is 0.356 e. The van der Waals surface area contributed by atoms with E-state index >= 15 is 0 Å². The molecule has 1 N–H and O–H groups in total. The van der Waals surface area contributed by atoms with Gasteiger partial charge < -0.3 is 5.32 Å². The van der Waals surface area contributed by atoms with Crippen LogP contribution in [-0.4, -0.2) is 0 Å². The Morgan fingerprint density at radius 1 is 0.419 bits per heavy atom. The molecule has 0 spiro atoms. The highest BCUT2D eigenvalue weighted by molar-refractivity contribution is 5.61. The lowest BCUT2D eigenvalue weighted by Gasteiger charge is -2.30. The SMILES string of the molecule is CCC(C)(/C=C/C(C)(CC)c1ccc(Nc2ccc(C(C)(C)/C=C/C(C)(C)c3ccccc3)cc2)cc1)c1ccccc1. The van der Waals surface area contributed by atoms with Crippen molar-refractivity contribution in [3.8, 4) is 0 Å². The van der Waals surface area contributed by atoms with Crippen molar-refractivity contribution in [1.82, 2.24) is 0 Å². The van der Waals surface area contributed by atoms with Crippen LogP contribution in [0.4, 0.5) is 11.4 Å². The summed E-state index contributed by atoms with van der Waals surface area (Å²) in [6, 6.07) is 39.4. The van der Waals surface area contributed by atoms with Crippen LogP contribution in [0, 0.1) is 0 Å². The van der Waals surface area contributed by atoms with Crippen molar-refractivity contribution in [1.29, 1.82) is 0 Å². The fourth-order valence-electron chi connectivity index (χ4n) is 5.58. The van der Waals surface area contributed by atoms with Gasteiger partial charge in [0.1, 0.15) is 0 Å². The minimum atomic E-state index is -0.0707. The smallest absolute Gasteiger partial charge is 0.0384 e. The molecule has 1 nitrogen and oxygen atoms in total. The molecule has 4 rings (SSSR count). The second kappa shape index (κ2) is 13.2. The van der Waals surface area contributed by atoms with Gasteiger partial charge in [-0.3, -0.25) is 0 Å². The van der Waals surface area contributed by atoms with Gasteiger partial charge in [-0.05, 0) is 59.4 Å². The van der Waals surface area contributed by atoms with Gasteiger partial charge in [0.05, 0.1) is 0 Å². The third-order valence-electron chi connectivity index (χ3n) is 9.62. The van der Waals surface area contributed by atoms with E-state index in [4.69, 9.17) is 0 Å². The standard InChI is InChI=1S/C42H51N/c1-9-41(7,35-19-15-12-16-20-35)31-32-42(8,10-2)36-23-27-38(28-24-36)43-37-25-21-34(22-26-37)40(5,6)30-29-39(3,4)33-17-13-11-14-18-33/h11-32,43H,9-10H2,1-8H3/b30-29+,32-31+. The molecule has 0 radical (unpaired) electrons. The molecule has 2 atom stereocenters. The Kier molecular flexibility index (Phi) is 9.86. The fraction of sp³-hybridized carbons (Fsp3) is 0.333. The molecule has 0 aliphatic carbocycles. The van der Waals surface area contributed by atoms with Gasteiger partial charge in [-0.15, -0.1) is 0 Å². The van der Waals surface area contributed by atoms with Crippen LogP contribution in [0.2, 0.25) is 0 Å². The van der Waals surface area contributed by atoms with Crippen molar-refractivity contribution in [3.05, 3.63) is 156 Å². The molecule has 0 aliphatic rings. The van der Waals surface area contributed by atoms with E-state index in [0.29, 0.717) is 0 Å². The first-order valence-electron chi connectivity index (χ1n) is 15.9.